The summed E-state index contributed by atoms with van der Waals surface area (Å²) in [7, 11) is 0. The fourth-order valence-corrected chi connectivity index (χ4v) is 3.19. The summed E-state index contributed by atoms with van der Waals surface area (Å²) in [5.74, 6) is 0.0110. The first-order chi connectivity index (χ1) is 11.1. The summed E-state index contributed by atoms with van der Waals surface area (Å²) in [5.41, 5.74) is 4.78. The number of benzene rings is 2. The summed E-state index contributed by atoms with van der Waals surface area (Å²) >= 11 is 0. The van der Waals surface area contributed by atoms with Crippen molar-refractivity contribution < 1.29 is 4.79 Å². The van der Waals surface area contributed by atoms with E-state index in [1.807, 2.05) is 38.1 Å². The third-order valence-corrected chi connectivity index (χ3v) is 4.53. The van der Waals surface area contributed by atoms with E-state index in [9.17, 15) is 4.79 Å². The Morgan fingerprint density at radius 2 is 1.87 bits per heavy atom. The van der Waals surface area contributed by atoms with Gasteiger partial charge in [0.15, 0.2) is 0 Å². The first-order valence-electron chi connectivity index (χ1n) is 8.35. The topological polar surface area (TPSA) is 41.1 Å². The number of nitrogens with one attached hydrogen (secondary N) is 2. The first-order valence-corrected chi connectivity index (χ1v) is 8.35. The van der Waals surface area contributed by atoms with Gasteiger partial charge in [-0.05, 0) is 56.4 Å². The molecule has 0 fully saturated rings. The lowest BCUT2D eigenvalue weighted by molar-refractivity contribution is -0.118. The molecule has 0 aromatic heterocycles. The molecule has 120 valence electrons. The van der Waals surface area contributed by atoms with Crippen molar-refractivity contribution in [3.8, 4) is 0 Å². The molecule has 0 radical (unpaired) electrons. The zero-order valence-corrected chi connectivity index (χ0v) is 13.8. The molecule has 1 aliphatic carbocycles. The molecular formula is C20H24N2O. The van der Waals surface area contributed by atoms with Crippen LogP contribution in [-0.4, -0.2) is 11.9 Å². The highest BCUT2D eigenvalue weighted by atomic mass is 16.2. The van der Waals surface area contributed by atoms with E-state index in [1.165, 1.54) is 23.1 Å². The molecule has 0 unspecified atom stereocenters. The summed E-state index contributed by atoms with van der Waals surface area (Å²) in [5, 5.41) is 6.48. The predicted molar refractivity (Wildman–Crippen MR) is 94.5 cm³/mol. The van der Waals surface area contributed by atoms with E-state index in [0.29, 0.717) is 0 Å². The van der Waals surface area contributed by atoms with Crippen molar-refractivity contribution in [3.05, 3.63) is 65.2 Å². The molecule has 0 saturated carbocycles. The average molecular weight is 308 g/mol. The first kappa shape index (κ1) is 15.8. The minimum atomic E-state index is -0.229. The molecule has 0 aliphatic heterocycles. The Labute approximate surface area is 138 Å². The summed E-state index contributed by atoms with van der Waals surface area (Å²) < 4.78 is 0. The lowest BCUT2D eigenvalue weighted by Gasteiger charge is -2.28. The Hall–Kier alpha value is -2.13. The number of carbonyl (C=O) groups excluding carboxylic acids is 1. The maximum atomic E-state index is 12.4. The lowest BCUT2D eigenvalue weighted by Crippen LogP contribution is -2.41. The fourth-order valence-electron chi connectivity index (χ4n) is 3.19. The Morgan fingerprint density at radius 1 is 1.13 bits per heavy atom. The van der Waals surface area contributed by atoms with E-state index in [1.54, 1.807) is 0 Å². The molecular weight excluding hydrogens is 284 g/mol. The van der Waals surface area contributed by atoms with Gasteiger partial charge < -0.3 is 5.32 Å². The minimum absolute atomic E-state index is 0.0110. The largest absolute Gasteiger partial charge is 0.325 e. The number of fused-ring (bicyclic) bond motifs is 1. The highest BCUT2D eigenvalue weighted by Crippen LogP contribution is 2.29. The third kappa shape index (κ3) is 3.80. The van der Waals surface area contributed by atoms with Crippen molar-refractivity contribution in [3.63, 3.8) is 0 Å². The number of anilines is 1. The third-order valence-electron chi connectivity index (χ3n) is 4.53. The van der Waals surface area contributed by atoms with Gasteiger partial charge in [-0.3, -0.25) is 10.1 Å². The van der Waals surface area contributed by atoms with Crippen molar-refractivity contribution in [2.24, 2.45) is 0 Å². The van der Waals surface area contributed by atoms with Crippen LogP contribution >= 0.6 is 0 Å². The molecule has 2 atom stereocenters. The van der Waals surface area contributed by atoms with Crippen LogP contribution in [0, 0.1) is 6.92 Å². The van der Waals surface area contributed by atoms with Crippen molar-refractivity contribution >= 4 is 11.6 Å². The van der Waals surface area contributed by atoms with Gasteiger partial charge in [-0.25, -0.2) is 0 Å². The molecule has 3 nitrogen and oxygen atoms in total. The Balaban J connectivity index is 1.64. The van der Waals surface area contributed by atoms with Crippen LogP contribution in [-0.2, 0) is 11.2 Å². The SMILES string of the molecule is Cc1ccc(NC(=O)[C@H](C)N[C@H]2CCCc3ccccc32)cc1. The quantitative estimate of drug-likeness (QED) is 0.896. The van der Waals surface area contributed by atoms with Crippen LogP contribution in [0.5, 0.6) is 0 Å². The molecule has 0 heterocycles. The number of amides is 1. The van der Waals surface area contributed by atoms with Gasteiger partial charge in [-0.1, -0.05) is 42.0 Å². The standard InChI is InChI=1S/C20H24N2O/c1-14-10-12-17(13-11-14)22-20(23)15(2)21-19-9-5-7-16-6-3-4-8-18(16)19/h3-4,6,8,10-13,15,19,21H,5,7,9H2,1-2H3,(H,22,23)/t15-,19-/m0/s1. The smallest absolute Gasteiger partial charge is 0.241 e. The van der Waals surface area contributed by atoms with Crippen LogP contribution in [0.2, 0.25) is 0 Å². The van der Waals surface area contributed by atoms with Crippen molar-refractivity contribution in [1.82, 2.24) is 5.32 Å². The molecule has 0 bridgehead atoms. The molecule has 3 heteroatoms. The second-order valence-electron chi connectivity index (χ2n) is 6.39. The van der Waals surface area contributed by atoms with Crippen LogP contribution in [0.4, 0.5) is 5.69 Å². The van der Waals surface area contributed by atoms with E-state index >= 15 is 0 Å². The van der Waals surface area contributed by atoms with Gasteiger partial charge in [-0.15, -0.1) is 0 Å². The van der Waals surface area contributed by atoms with E-state index < -0.39 is 0 Å². The minimum Gasteiger partial charge on any atom is -0.325 e. The average Bonchev–Trinajstić information content (AvgIpc) is 2.57. The van der Waals surface area contributed by atoms with E-state index in [2.05, 4.69) is 34.9 Å². The van der Waals surface area contributed by atoms with Crippen LogP contribution in [0.3, 0.4) is 0 Å². The molecule has 1 aliphatic rings. The maximum Gasteiger partial charge on any atom is 0.241 e. The number of aryl methyl sites for hydroxylation is 2. The van der Waals surface area contributed by atoms with Gasteiger partial charge in [0.2, 0.25) is 5.91 Å². The molecule has 2 aromatic carbocycles. The molecule has 23 heavy (non-hydrogen) atoms. The van der Waals surface area contributed by atoms with Crippen LogP contribution < -0.4 is 10.6 Å². The van der Waals surface area contributed by atoms with Crippen LogP contribution in [0.25, 0.3) is 0 Å². The van der Waals surface area contributed by atoms with Crippen molar-refractivity contribution in [2.45, 2.75) is 45.2 Å². The molecule has 2 N–H and O–H groups in total. The number of hydrogen-bond donors (Lipinski definition) is 2. The van der Waals surface area contributed by atoms with Gasteiger partial charge in [0.05, 0.1) is 6.04 Å². The van der Waals surface area contributed by atoms with Gasteiger partial charge in [0, 0.05) is 11.7 Å². The number of hydrogen-bond acceptors (Lipinski definition) is 2. The fraction of sp³-hybridized carbons (Fsp3) is 0.350. The lowest BCUT2D eigenvalue weighted by atomic mass is 9.87. The predicted octanol–water partition coefficient (Wildman–Crippen LogP) is 3.99. The molecule has 0 spiro atoms. The highest BCUT2D eigenvalue weighted by molar-refractivity contribution is 5.94. The van der Waals surface area contributed by atoms with Gasteiger partial charge in [-0.2, -0.15) is 0 Å². The number of carbonyl (C=O) groups is 1. The summed E-state index contributed by atoms with van der Waals surface area (Å²) in [4.78, 5) is 12.4. The number of rotatable bonds is 4. The zero-order chi connectivity index (χ0) is 16.2. The molecule has 0 saturated heterocycles. The Morgan fingerprint density at radius 3 is 2.65 bits per heavy atom. The van der Waals surface area contributed by atoms with Gasteiger partial charge >= 0.3 is 0 Å². The normalized spacial score (nSPS) is 18.1. The van der Waals surface area contributed by atoms with Gasteiger partial charge in [0.1, 0.15) is 0 Å². The van der Waals surface area contributed by atoms with Crippen molar-refractivity contribution in [1.29, 1.82) is 0 Å². The molecule has 2 aromatic rings. The summed E-state index contributed by atoms with van der Waals surface area (Å²) in [6.45, 7) is 3.97. The van der Waals surface area contributed by atoms with Crippen LogP contribution in [0.15, 0.2) is 48.5 Å². The second-order valence-corrected chi connectivity index (χ2v) is 6.39. The maximum absolute atomic E-state index is 12.4. The summed E-state index contributed by atoms with van der Waals surface area (Å²) in [6.07, 6.45) is 3.39. The van der Waals surface area contributed by atoms with Crippen molar-refractivity contribution in [2.75, 3.05) is 5.32 Å². The monoisotopic (exact) mass is 308 g/mol. The summed E-state index contributed by atoms with van der Waals surface area (Å²) in [6, 6.07) is 16.5. The Kier molecular flexibility index (Phi) is 4.77. The highest BCUT2D eigenvalue weighted by Gasteiger charge is 2.23. The van der Waals surface area contributed by atoms with E-state index in [-0.39, 0.29) is 18.0 Å². The van der Waals surface area contributed by atoms with Gasteiger partial charge in [0.25, 0.3) is 0 Å². The zero-order valence-electron chi connectivity index (χ0n) is 13.8. The van der Waals surface area contributed by atoms with E-state index in [0.717, 1.165) is 18.5 Å². The van der Waals surface area contributed by atoms with E-state index in [4.69, 9.17) is 0 Å². The van der Waals surface area contributed by atoms with Crippen LogP contribution in [0.1, 0.15) is 42.5 Å². The molecule has 1 amide bonds. The Bertz CT molecular complexity index is 678. The second kappa shape index (κ2) is 6.97. The molecule has 3 rings (SSSR count).